The smallest absolute Gasteiger partial charge is 0.238 e. The molecule has 1 saturated heterocycles. The van der Waals surface area contributed by atoms with Gasteiger partial charge in [-0.25, -0.2) is 0 Å². The van der Waals surface area contributed by atoms with Gasteiger partial charge in [0.2, 0.25) is 17.5 Å². The fourth-order valence-corrected chi connectivity index (χ4v) is 3.58. The van der Waals surface area contributed by atoms with Crippen molar-refractivity contribution >= 4 is 11.0 Å². The third kappa shape index (κ3) is 3.96. The van der Waals surface area contributed by atoms with Crippen LogP contribution < -0.4 is 10.2 Å². The van der Waals surface area contributed by atoms with E-state index in [0.717, 1.165) is 6.07 Å². The van der Waals surface area contributed by atoms with Crippen LogP contribution in [0.2, 0.25) is 0 Å². The molecule has 0 saturated carbocycles. The summed E-state index contributed by atoms with van der Waals surface area (Å²) >= 11 is 0. The van der Waals surface area contributed by atoms with Crippen molar-refractivity contribution in [1.82, 2.24) is 0 Å². The predicted octanol–water partition coefficient (Wildman–Crippen LogP) is 0.0639. The molecule has 2 aromatic carbocycles. The molecule has 11 nitrogen and oxygen atoms in total. The number of aryl methyl sites for hydroxylation is 1. The van der Waals surface area contributed by atoms with Gasteiger partial charge in [0.1, 0.15) is 52.6 Å². The molecule has 0 aliphatic carbocycles. The topological polar surface area (TPSA) is 190 Å². The van der Waals surface area contributed by atoms with Gasteiger partial charge < -0.3 is 49.6 Å². The van der Waals surface area contributed by atoms with Crippen LogP contribution in [0.25, 0.3) is 22.3 Å². The number of hydrogen-bond acceptors (Lipinski definition) is 11. The maximum Gasteiger partial charge on any atom is 0.238 e. The molecule has 176 valence electrons. The van der Waals surface area contributed by atoms with E-state index in [0.29, 0.717) is 5.56 Å². The van der Waals surface area contributed by atoms with Crippen LogP contribution in [-0.2, 0) is 4.74 Å². The number of aromatic hydroxyl groups is 3. The molecular formula is C22H22O11. The minimum Gasteiger partial charge on any atom is -0.508 e. The lowest BCUT2D eigenvalue weighted by Gasteiger charge is -2.39. The molecule has 1 aliphatic rings. The van der Waals surface area contributed by atoms with E-state index in [9.17, 15) is 40.5 Å². The minimum atomic E-state index is -1.70. The van der Waals surface area contributed by atoms with Crippen LogP contribution in [0.3, 0.4) is 0 Å². The van der Waals surface area contributed by atoms with E-state index in [1.807, 2.05) is 0 Å². The molecule has 3 aromatic rings. The van der Waals surface area contributed by atoms with Crippen LogP contribution in [0, 0.1) is 6.92 Å². The summed E-state index contributed by atoms with van der Waals surface area (Å²) in [6.45, 7) is 1.00. The molecule has 11 heteroatoms. The molecule has 33 heavy (non-hydrogen) atoms. The molecule has 0 amide bonds. The van der Waals surface area contributed by atoms with Crippen LogP contribution in [0.4, 0.5) is 0 Å². The second kappa shape index (κ2) is 8.54. The van der Waals surface area contributed by atoms with Crippen molar-refractivity contribution in [3.63, 3.8) is 0 Å². The Morgan fingerprint density at radius 2 is 1.70 bits per heavy atom. The van der Waals surface area contributed by atoms with Crippen LogP contribution in [0.15, 0.2) is 39.5 Å². The highest BCUT2D eigenvalue weighted by Crippen LogP contribution is 2.37. The zero-order valence-electron chi connectivity index (χ0n) is 17.2. The Kier molecular flexibility index (Phi) is 5.91. The van der Waals surface area contributed by atoms with Crippen LogP contribution in [0.1, 0.15) is 5.56 Å². The second-order valence-corrected chi connectivity index (χ2v) is 7.74. The number of aliphatic hydroxyl groups excluding tert-OH is 4. The molecule has 1 aliphatic heterocycles. The Morgan fingerprint density at radius 3 is 2.36 bits per heavy atom. The van der Waals surface area contributed by atoms with Gasteiger partial charge >= 0.3 is 0 Å². The summed E-state index contributed by atoms with van der Waals surface area (Å²) in [5.41, 5.74) is -0.348. The van der Waals surface area contributed by atoms with Crippen molar-refractivity contribution in [3.8, 4) is 34.3 Å². The van der Waals surface area contributed by atoms with E-state index >= 15 is 0 Å². The number of benzene rings is 2. The van der Waals surface area contributed by atoms with E-state index in [1.165, 1.54) is 18.2 Å². The van der Waals surface area contributed by atoms with Crippen LogP contribution in [-0.4, -0.2) is 73.1 Å². The summed E-state index contributed by atoms with van der Waals surface area (Å²) in [7, 11) is 0. The van der Waals surface area contributed by atoms with Gasteiger partial charge in [-0.15, -0.1) is 0 Å². The van der Waals surface area contributed by atoms with Crippen molar-refractivity contribution in [2.75, 3.05) is 6.61 Å². The van der Waals surface area contributed by atoms with Gasteiger partial charge in [-0.2, -0.15) is 0 Å². The minimum absolute atomic E-state index is 0.0859. The zero-order valence-corrected chi connectivity index (χ0v) is 17.2. The quantitative estimate of drug-likeness (QED) is 0.278. The Hall–Kier alpha value is -3.35. The largest absolute Gasteiger partial charge is 0.508 e. The Balaban J connectivity index is 1.76. The van der Waals surface area contributed by atoms with Gasteiger partial charge in [0.05, 0.1) is 6.61 Å². The molecular weight excluding hydrogens is 440 g/mol. The highest BCUT2D eigenvalue weighted by atomic mass is 16.7. The number of rotatable bonds is 4. The summed E-state index contributed by atoms with van der Waals surface area (Å²) in [4.78, 5) is 12.7. The lowest BCUT2D eigenvalue weighted by molar-refractivity contribution is -0.277. The van der Waals surface area contributed by atoms with E-state index in [-0.39, 0.29) is 33.8 Å². The Labute approximate surface area is 185 Å². The first kappa shape index (κ1) is 22.8. The summed E-state index contributed by atoms with van der Waals surface area (Å²) in [6, 6.07) is 6.58. The highest BCUT2D eigenvalue weighted by Gasteiger charge is 2.44. The molecule has 0 spiro atoms. The average Bonchev–Trinajstić information content (AvgIpc) is 2.78. The van der Waals surface area contributed by atoms with Crippen molar-refractivity contribution in [3.05, 3.63) is 46.1 Å². The monoisotopic (exact) mass is 462 g/mol. The molecule has 0 radical (unpaired) electrons. The highest BCUT2D eigenvalue weighted by molar-refractivity contribution is 5.88. The Morgan fingerprint density at radius 1 is 0.970 bits per heavy atom. The summed E-state index contributed by atoms with van der Waals surface area (Å²) < 4.78 is 16.4. The first-order valence-electron chi connectivity index (χ1n) is 9.92. The van der Waals surface area contributed by atoms with Gasteiger partial charge in [0, 0.05) is 17.7 Å². The number of aliphatic hydroxyl groups is 4. The summed E-state index contributed by atoms with van der Waals surface area (Å²) in [6.07, 6.45) is -7.69. The van der Waals surface area contributed by atoms with Gasteiger partial charge in [0.15, 0.2) is 5.76 Å². The third-order valence-corrected chi connectivity index (χ3v) is 5.50. The van der Waals surface area contributed by atoms with E-state index < -0.39 is 54.2 Å². The van der Waals surface area contributed by atoms with Gasteiger partial charge in [-0.3, -0.25) is 4.79 Å². The van der Waals surface area contributed by atoms with Gasteiger partial charge in [-0.1, -0.05) is 12.1 Å². The molecule has 5 unspecified atom stereocenters. The van der Waals surface area contributed by atoms with Gasteiger partial charge in [0.25, 0.3) is 0 Å². The maximum atomic E-state index is 12.7. The normalized spacial score (nSPS) is 25.3. The number of fused-ring (bicyclic) bond motifs is 1. The van der Waals surface area contributed by atoms with Crippen LogP contribution in [0.5, 0.6) is 23.0 Å². The first-order valence-corrected chi connectivity index (χ1v) is 9.92. The Bertz CT molecular complexity index is 1250. The fraction of sp³-hybridized carbons (Fsp3) is 0.318. The number of ether oxygens (including phenoxy) is 2. The molecule has 7 N–H and O–H groups in total. The SMILES string of the molecule is Cc1ccc(-c2oc3cc(OC4OC(CO)C(O)C(O)C4O)cc(O)c3c(=O)c2O)cc1O. The van der Waals surface area contributed by atoms with Crippen molar-refractivity contribution in [1.29, 1.82) is 0 Å². The summed E-state index contributed by atoms with van der Waals surface area (Å²) in [5, 5.41) is 69.6. The van der Waals surface area contributed by atoms with Crippen molar-refractivity contribution in [2.24, 2.45) is 0 Å². The summed E-state index contributed by atoms with van der Waals surface area (Å²) in [5.74, 6) is -1.86. The molecule has 5 atom stereocenters. The molecule has 0 bridgehead atoms. The molecule has 1 aromatic heterocycles. The standard InChI is InChI=1S/C22H22O11/c1-8-2-3-9(4-11(8)24)21-19(29)17(27)15-12(25)5-10(6-13(15)32-21)31-22-20(30)18(28)16(26)14(7-23)33-22/h2-6,14,16,18,20,22-26,28-30H,7H2,1H3. The van der Waals surface area contributed by atoms with Crippen molar-refractivity contribution in [2.45, 2.75) is 37.6 Å². The van der Waals surface area contributed by atoms with E-state index in [1.54, 1.807) is 13.0 Å². The molecule has 2 heterocycles. The third-order valence-electron chi connectivity index (χ3n) is 5.50. The number of phenols is 2. The maximum absolute atomic E-state index is 12.7. The number of phenolic OH excluding ortho intramolecular Hbond substituents is 2. The van der Waals surface area contributed by atoms with E-state index in [2.05, 4.69) is 0 Å². The molecule has 4 rings (SSSR count). The number of hydrogen-bond donors (Lipinski definition) is 7. The predicted molar refractivity (Wildman–Crippen MR) is 112 cm³/mol. The lowest BCUT2D eigenvalue weighted by Crippen LogP contribution is -2.60. The average molecular weight is 462 g/mol. The molecule has 1 fully saturated rings. The zero-order chi connectivity index (χ0) is 24.0. The second-order valence-electron chi connectivity index (χ2n) is 7.74. The van der Waals surface area contributed by atoms with E-state index in [4.69, 9.17) is 13.9 Å². The van der Waals surface area contributed by atoms with Gasteiger partial charge in [-0.05, 0) is 18.6 Å². The fourth-order valence-electron chi connectivity index (χ4n) is 3.58. The first-order chi connectivity index (χ1) is 15.6. The van der Waals surface area contributed by atoms with Crippen LogP contribution >= 0.6 is 0 Å². The van der Waals surface area contributed by atoms with Crippen molar-refractivity contribution < 1.29 is 49.6 Å². The lowest BCUT2D eigenvalue weighted by atomic mass is 9.99.